The Labute approximate surface area is 118 Å². The molecule has 2 saturated heterocycles. The molecule has 3 rings (SSSR count). The Kier molecular flexibility index (Phi) is 3.27. The molecule has 1 aromatic carbocycles. The molecule has 2 fully saturated rings. The highest BCUT2D eigenvalue weighted by atomic mass is 35.5. The second-order valence-corrected chi connectivity index (χ2v) is 6.18. The highest BCUT2D eigenvalue weighted by Crippen LogP contribution is 2.33. The van der Waals surface area contributed by atoms with Gasteiger partial charge in [-0.15, -0.1) is 0 Å². The van der Waals surface area contributed by atoms with Gasteiger partial charge in [0.05, 0.1) is 0 Å². The molecule has 3 atom stereocenters. The summed E-state index contributed by atoms with van der Waals surface area (Å²) < 4.78 is 0. The van der Waals surface area contributed by atoms with Crippen LogP contribution >= 0.6 is 11.6 Å². The monoisotopic (exact) mass is 278 g/mol. The number of halogens is 1. The number of fused-ring (bicyclic) bond motifs is 1. The van der Waals surface area contributed by atoms with Crippen LogP contribution in [0.4, 0.5) is 0 Å². The second kappa shape index (κ2) is 4.80. The summed E-state index contributed by atoms with van der Waals surface area (Å²) in [6, 6.07) is 5.82. The minimum Gasteiger partial charge on any atom is -0.335 e. The van der Waals surface area contributed by atoms with Crippen LogP contribution in [0.2, 0.25) is 5.02 Å². The number of carbonyl (C=O) groups is 1. The van der Waals surface area contributed by atoms with Crippen molar-refractivity contribution in [1.29, 1.82) is 0 Å². The fourth-order valence-electron chi connectivity index (χ4n) is 3.46. The predicted molar refractivity (Wildman–Crippen MR) is 76.5 cm³/mol. The Hall–Kier alpha value is -1.06. The number of nitrogens with one attached hydrogen (secondary N) is 1. The molecule has 19 heavy (non-hydrogen) atoms. The van der Waals surface area contributed by atoms with Gasteiger partial charge in [0.1, 0.15) is 0 Å². The first-order chi connectivity index (χ1) is 9.08. The summed E-state index contributed by atoms with van der Waals surface area (Å²) in [5.41, 5.74) is 1.74. The number of rotatable bonds is 1. The summed E-state index contributed by atoms with van der Waals surface area (Å²) in [5.74, 6) is 1.37. The number of amides is 1. The number of hydrogen-bond acceptors (Lipinski definition) is 2. The first kappa shape index (κ1) is 12.9. The SMILES string of the molecule is Cc1cc(Cl)ccc1C(=O)N1CC2CNCC2C1C. The minimum absolute atomic E-state index is 0.149. The van der Waals surface area contributed by atoms with Crippen LogP contribution in [0.25, 0.3) is 0 Å². The van der Waals surface area contributed by atoms with E-state index >= 15 is 0 Å². The van der Waals surface area contributed by atoms with Gasteiger partial charge in [0.15, 0.2) is 0 Å². The largest absolute Gasteiger partial charge is 0.335 e. The Morgan fingerprint density at radius 3 is 2.89 bits per heavy atom. The van der Waals surface area contributed by atoms with E-state index in [4.69, 9.17) is 11.6 Å². The molecule has 2 aliphatic heterocycles. The van der Waals surface area contributed by atoms with Crippen LogP contribution in [0.5, 0.6) is 0 Å². The van der Waals surface area contributed by atoms with E-state index in [0.29, 0.717) is 22.9 Å². The molecular formula is C15H19ClN2O. The normalized spacial score (nSPS) is 29.6. The lowest BCUT2D eigenvalue weighted by atomic mass is 9.95. The minimum atomic E-state index is 0.149. The third-order valence-electron chi connectivity index (χ3n) is 4.61. The van der Waals surface area contributed by atoms with Crippen LogP contribution in [-0.2, 0) is 0 Å². The Bertz CT molecular complexity index is 517. The zero-order valence-electron chi connectivity index (χ0n) is 11.3. The van der Waals surface area contributed by atoms with Gasteiger partial charge in [0.2, 0.25) is 0 Å². The first-order valence-electron chi connectivity index (χ1n) is 6.86. The van der Waals surface area contributed by atoms with Gasteiger partial charge in [-0.25, -0.2) is 0 Å². The molecule has 0 radical (unpaired) electrons. The molecule has 2 heterocycles. The molecule has 102 valence electrons. The van der Waals surface area contributed by atoms with Gasteiger partial charge < -0.3 is 10.2 Å². The molecule has 0 bridgehead atoms. The van der Waals surface area contributed by atoms with Crippen molar-refractivity contribution >= 4 is 17.5 Å². The maximum atomic E-state index is 12.7. The van der Waals surface area contributed by atoms with Crippen molar-refractivity contribution in [2.45, 2.75) is 19.9 Å². The van der Waals surface area contributed by atoms with E-state index in [1.54, 1.807) is 6.07 Å². The zero-order valence-corrected chi connectivity index (χ0v) is 12.1. The number of likely N-dealkylation sites (tertiary alicyclic amines) is 1. The van der Waals surface area contributed by atoms with Crippen LogP contribution in [0.15, 0.2) is 18.2 Å². The molecule has 3 unspecified atom stereocenters. The van der Waals surface area contributed by atoms with E-state index in [1.165, 1.54) is 0 Å². The van der Waals surface area contributed by atoms with Crippen LogP contribution < -0.4 is 5.32 Å². The predicted octanol–water partition coefficient (Wildman–Crippen LogP) is 2.33. The summed E-state index contributed by atoms with van der Waals surface area (Å²) in [7, 11) is 0. The molecule has 0 spiro atoms. The van der Waals surface area contributed by atoms with Gasteiger partial charge in [-0.1, -0.05) is 11.6 Å². The topological polar surface area (TPSA) is 32.3 Å². The molecule has 1 amide bonds. The van der Waals surface area contributed by atoms with Gasteiger partial charge in [-0.3, -0.25) is 4.79 Å². The van der Waals surface area contributed by atoms with E-state index in [1.807, 2.05) is 24.0 Å². The third-order valence-corrected chi connectivity index (χ3v) is 4.85. The van der Waals surface area contributed by atoms with Crippen molar-refractivity contribution < 1.29 is 4.79 Å². The van der Waals surface area contributed by atoms with E-state index < -0.39 is 0 Å². The summed E-state index contributed by atoms with van der Waals surface area (Å²) in [5, 5.41) is 4.10. The molecule has 1 N–H and O–H groups in total. The van der Waals surface area contributed by atoms with E-state index in [-0.39, 0.29) is 5.91 Å². The molecule has 1 aromatic rings. The van der Waals surface area contributed by atoms with E-state index in [9.17, 15) is 4.79 Å². The number of carbonyl (C=O) groups excluding carboxylic acids is 1. The molecule has 2 aliphatic rings. The maximum Gasteiger partial charge on any atom is 0.254 e. The van der Waals surface area contributed by atoms with Gasteiger partial charge in [0.25, 0.3) is 5.91 Å². The lowest BCUT2D eigenvalue weighted by Crippen LogP contribution is -2.38. The van der Waals surface area contributed by atoms with E-state index in [2.05, 4.69) is 12.2 Å². The molecule has 3 nitrogen and oxygen atoms in total. The quantitative estimate of drug-likeness (QED) is 0.855. The summed E-state index contributed by atoms with van der Waals surface area (Å²) >= 11 is 5.95. The zero-order chi connectivity index (χ0) is 13.6. The molecule has 0 aromatic heterocycles. The van der Waals surface area contributed by atoms with Crippen molar-refractivity contribution in [3.63, 3.8) is 0 Å². The van der Waals surface area contributed by atoms with Crippen LogP contribution in [0.1, 0.15) is 22.8 Å². The summed E-state index contributed by atoms with van der Waals surface area (Å²) in [4.78, 5) is 14.7. The van der Waals surface area contributed by atoms with Gasteiger partial charge >= 0.3 is 0 Å². The van der Waals surface area contributed by atoms with Gasteiger partial charge in [-0.2, -0.15) is 0 Å². The van der Waals surface area contributed by atoms with E-state index in [0.717, 1.165) is 30.8 Å². The van der Waals surface area contributed by atoms with Crippen molar-refractivity contribution in [2.24, 2.45) is 11.8 Å². The molecule has 4 heteroatoms. The summed E-state index contributed by atoms with van der Waals surface area (Å²) in [6.45, 7) is 7.07. The average molecular weight is 279 g/mol. The van der Waals surface area contributed by atoms with Crippen molar-refractivity contribution in [2.75, 3.05) is 19.6 Å². The lowest BCUT2D eigenvalue weighted by molar-refractivity contribution is 0.0728. The van der Waals surface area contributed by atoms with Gasteiger partial charge in [0, 0.05) is 36.3 Å². The molecular weight excluding hydrogens is 260 g/mol. The fraction of sp³-hybridized carbons (Fsp3) is 0.533. The van der Waals surface area contributed by atoms with Crippen LogP contribution in [0, 0.1) is 18.8 Å². The second-order valence-electron chi connectivity index (χ2n) is 5.74. The maximum absolute atomic E-state index is 12.7. The van der Waals surface area contributed by atoms with Crippen LogP contribution in [-0.4, -0.2) is 36.5 Å². The van der Waals surface area contributed by atoms with Gasteiger partial charge in [-0.05, 0) is 49.4 Å². The molecule has 0 saturated carbocycles. The lowest BCUT2D eigenvalue weighted by Gasteiger charge is -2.25. The summed E-state index contributed by atoms with van der Waals surface area (Å²) in [6.07, 6.45) is 0. The number of aryl methyl sites for hydroxylation is 1. The molecule has 0 aliphatic carbocycles. The standard InChI is InChI=1S/C15H19ClN2O/c1-9-5-12(16)3-4-13(9)15(19)18-8-11-6-17-7-14(11)10(18)2/h3-5,10-11,14,17H,6-8H2,1-2H3. The third kappa shape index (κ3) is 2.15. The van der Waals surface area contributed by atoms with Crippen LogP contribution in [0.3, 0.4) is 0 Å². The number of nitrogens with zero attached hydrogens (tertiary/aromatic N) is 1. The number of hydrogen-bond donors (Lipinski definition) is 1. The first-order valence-corrected chi connectivity index (χ1v) is 7.23. The van der Waals surface area contributed by atoms with Crippen molar-refractivity contribution in [3.05, 3.63) is 34.3 Å². The Morgan fingerprint density at radius 2 is 2.21 bits per heavy atom. The average Bonchev–Trinajstić information content (AvgIpc) is 2.92. The smallest absolute Gasteiger partial charge is 0.254 e. The Morgan fingerprint density at radius 1 is 1.42 bits per heavy atom. The highest BCUT2D eigenvalue weighted by Gasteiger charge is 2.43. The van der Waals surface area contributed by atoms with Crippen molar-refractivity contribution in [3.8, 4) is 0 Å². The fourth-order valence-corrected chi connectivity index (χ4v) is 3.68. The Balaban J connectivity index is 1.84. The highest BCUT2D eigenvalue weighted by molar-refractivity contribution is 6.30. The van der Waals surface area contributed by atoms with Crippen molar-refractivity contribution in [1.82, 2.24) is 10.2 Å². The number of benzene rings is 1.